The van der Waals surface area contributed by atoms with Crippen molar-refractivity contribution >= 4 is 59.3 Å². The Hall–Kier alpha value is -6.74. The molecule has 1 heterocycles. The zero-order chi connectivity index (χ0) is 38.1. The Morgan fingerprint density at radius 1 is 0.386 bits per heavy atom. The summed E-state index contributed by atoms with van der Waals surface area (Å²) < 4.78 is 2.61. The molecule has 0 fully saturated rings. The summed E-state index contributed by atoms with van der Waals surface area (Å²) in [5, 5.41) is 5.16. The fraction of sp³-hybridized carbons (Fsp3) is 0.0545. The van der Waals surface area contributed by atoms with E-state index in [9.17, 15) is 0 Å². The lowest BCUT2D eigenvalue weighted by molar-refractivity contribution is 0.660. The van der Waals surface area contributed by atoms with Crippen LogP contribution in [0.15, 0.2) is 200 Å². The molecule has 0 atom stereocenters. The first-order chi connectivity index (χ1) is 28.0. The van der Waals surface area contributed by atoms with E-state index in [1.165, 1.54) is 98.0 Å². The van der Waals surface area contributed by atoms with E-state index in [0.29, 0.717) is 0 Å². The topological polar surface area (TPSA) is 3.24 Å². The van der Waals surface area contributed by atoms with Gasteiger partial charge in [0.2, 0.25) is 0 Å². The molecule has 1 aliphatic rings. The van der Waals surface area contributed by atoms with Gasteiger partial charge in [0.05, 0.1) is 16.1 Å². The zero-order valence-corrected chi connectivity index (χ0v) is 32.7. The largest absolute Gasteiger partial charge is 0.308 e. The van der Waals surface area contributed by atoms with Crippen molar-refractivity contribution in [1.82, 2.24) is 0 Å². The lowest BCUT2D eigenvalue weighted by Gasteiger charge is -2.29. The first kappa shape index (κ1) is 33.6. The van der Waals surface area contributed by atoms with Gasteiger partial charge in [-0.05, 0) is 91.2 Å². The zero-order valence-electron chi connectivity index (χ0n) is 31.9. The second-order valence-corrected chi connectivity index (χ2v) is 16.7. The number of thiophene rings is 1. The Morgan fingerprint density at radius 2 is 0.895 bits per heavy atom. The maximum absolute atomic E-state index is 2.50. The molecule has 1 nitrogen and oxygen atoms in total. The van der Waals surface area contributed by atoms with Gasteiger partial charge >= 0.3 is 0 Å². The number of rotatable bonds is 6. The van der Waals surface area contributed by atoms with Crippen LogP contribution in [0.4, 0.5) is 17.1 Å². The third kappa shape index (κ3) is 5.44. The summed E-state index contributed by atoms with van der Waals surface area (Å²) in [7, 11) is 0. The van der Waals surface area contributed by atoms with E-state index in [2.05, 4.69) is 219 Å². The summed E-state index contributed by atoms with van der Waals surface area (Å²) in [6.07, 6.45) is 0. The Bertz CT molecular complexity index is 3130. The van der Waals surface area contributed by atoms with Crippen LogP contribution in [0.2, 0.25) is 0 Å². The third-order valence-corrected chi connectivity index (χ3v) is 13.3. The van der Waals surface area contributed by atoms with E-state index in [0.717, 1.165) is 5.69 Å². The Balaban J connectivity index is 0.972. The van der Waals surface area contributed by atoms with Crippen molar-refractivity contribution in [3.8, 4) is 44.5 Å². The lowest BCUT2D eigenvalue weighted by Crippen LogP contribution is -2.16. The van der Waals surface area contributed by atoms with Crippen LogP contribution in [-0.4, -0.2) is 0 Å². The molecule has 57 heavy (non-hydrogen) atoms. The van der Waals surface area contributed by atoms with Crippen LogP contribution < -0.4 is 4.90 Å². The molecule has 0 radical (unpaired) electrons. The molecule has 270 valence electrons. The van der Waals surface area contributed by atoms with E-state index in [-0.39, 0.29) is 5.41 Å². The Morgan fingerprint density at radius 3 is 1.65 bits per heavy atom. The summed E-state index contributed by atoms with van der Waals surface area (Å²) >= 11 is 1.88. The quantitative estimate of drug-likeness (QED) is 0.164. The van der Waals surface area contributed by atoms with Gasteiger partial charge in [0.15, 0.2) is 0 Å². The number of benzene rings is 9. The van der Waals surface area contributed by atoms with Crippen LogP contribution in [0.3, 0.4) is 0 Å². The van der Waals surface area contributed by atoms with Crippen LogP contribution in [0.5, 0.6) is 0 Å². The summed E-state index contributed by atoms with van der Waals surface area (Å²) in [5.74, 6) is 0. The number of hydrogen-bond donors (Lipinski definition) is 0. The van der Waals surface area contributed by atoms with Crippen molar-refractivity contribution in [2.45, 2.75) is 19.3 Å². The summed E-state index contributed by atoms with van der Waals surface area (Å²) in [5.41, 5.74) is 16.2. The fourth-order valence-corrected chi connectivity index (χ4v) is 10.4. The van der Waals surface area contributed by atoms with Gasteiger partial charge in [0.1, 0.15) is 0 Å². The molecule has 2 heteroatoms. The Labute approximate surface area is 337 Å². The Kier molecular flexibility index (Phi) is 7.77. The molecule has 1 aromatic heterocycles. The highest BCUT2D eigenvalue weighted by Crippen LogP contribution is 2.55. The van der Waals surface area contributed by atoms with Gasteiger partial charge in [-0.1, -0.05) is 184 Å². The predicted molar refractivity (Wildman–Crippen MR) is 245 cm³/mol. The molecule has 0 saturated carbocycles. The predicted octanol–water partition coefficient (Wildman–Crippen LogP) is 16.0. The highest BCUT2D eigenvalue weighted by Gasteiger charge is 2.38. The lowest BCUT2D eigenvalue weighted by atomic mass is 9.82. The molecule has 9 aromatic carbocycles. The monoisotopic (exact) mass is 745 g/mol. The van der Waals surface area contributed by atoms with Crippen molar-refractivity contribution < 1.29 is 0 Å². The van der Waals surface area contributed by atoms with Gasteiger partial charge in [0, 0.05) is 32.1 Å². The first-order valence-electron chi connectivity index (χ1n) is 19.8. The third-order valence-electron chi connectivity index (χ3n) is 12.1. The van der Waals surface area contributed by atoms with Crippen molar-refractivity contribution in [2.75, 3.05) is 4.90 Å². The van der Waals surface area contributed by atoms with E-state index < -0.39 is 0 Å². The molecule has 1 aliphatic carbocycles. The molecule has 0 N–H and O–H groups in total. The molecular formula is C55H39NS. The SMILES string of the molecule is CC1(C)c2ccccc2-c2c(N(c3ccc(-c4ccc(-c5ccc(-c6cccc7ccccc67)cc5)cc4)cc3)c3cccc4c3sc3ccccc34)cccc21. The molecule has 0 spiro atoms. The maximum Gasteiger partial charge on any atom is 0.0640 e. The van der Waals surface area contributed by atoms with Gasteiger partial charge in [-0.15, -0.1) is 11.3 Å². The average Bonchev–Trinajstić information content (AvgIpc) is 3.77. The highest BCUT2D eigenvalue weighted by molar-refractivity contribution is 7.26. The second-order valence-electron chi connectivity index (χ2n) is 15.7. The van der Waals surface area contributed by atoms with Crippen molar-refractivity contribution in [1.29, 1.82) is 0 Å². The summed E-state index contributed by atoms with van der Waals surface area (Å²) in [6.45, 7) is 4.72. The van der Waals surface area contributed by atoms with Gasteiger partial charge in [-0.25, -0.2) is 0 Å². The number of nitrogens with zero attached hydrogens (tertiary/aromatic N) is 1. The molecule has 0 bridgehead atoms. The van der Waals surface area contributed by atoms with Crippen LogP contribution in [0.25, 0.3) is 75.5 Å². The summed E-state index contributed by atoms with van der Waals surface area (Å²) in [6, 6.07) is 73.7. The van der Waals surface area contributed by atoms with Gasteiger partial charge in [-0.2, -0.15) is 0 Å². The van der Waals surface area contributed by atoms with Crippen molar-refractivity contribution in [2.24, 2.45) is 0 Å². The number of fused-ring (bicyclic) bond motifs is 7. The summed E-state index contributed by atoms with van der Waals surface area (Å²) in [4.78, 5) is 2.50. The second kappa shape index (κ2) is 13.2. The van der Waals surface area contributed by atoms with E-state index in [4.69, 9.17) is 0 Å². The minimum Gasteiger partial charge on any atom is -0.308 e. The van der Waals surface area contributed by atoms with Crippen LogP contribution in [0, 0.1) is 0 Å². The van der Waals surface area contributed by atoms with Crippen molar-refractivity contribution in [3.63, 3.8) is 0 Å². The molecule has 11 rings (SSSR count). The maximum atomic E-state index is 2.50. The minimum atomic E-state index is -0.0912. The molecule has 0 saturated heterocycles. The fourth-order valence-electron chi connectivity index (χ4n) is 9.22. The van der Waals surface area contributed by atoms with Crippen LogP contribution >= 0.6 is 11.3 Å². The number of hydrogen-bond acceptors (Lipinski definition) is 2. The van der Waals surface area contributed by atoms with E-state index >= 15 is 0 Å². The molecule has 0 aliphatic heterocycles. The normalized spacial score (nSPS) is 12.9. The van der Waals surface area contributed by atoms with Gasteiger partial charge in [-0.3, -0.25) is 0 Å². The minimum absolute atomic E-state index is 0.0912. The van der Waals surface area contributed by atoms with Gasteiger partial charge < -0.3 is 4.90 Å². The smallest absolute Gasteiger partial charge is 0.0640 e. The first-order valence-corrected chi connectivity index (χ1v) is 20.6. The van der Waals surface area contributed by atoms with Crippen LogP contribution in [0.1, 0.15) is 25.0 Å². The standard InChI is InChI=1S/C55H39NS/c1-55(2)48-19-7-5-16-47(48)53-49(55)20-11-21-50(53)56(51-22-10-18-46-45-15-6-8-23-52(45)57-54(46)51)42-34-32-39(33-35-42)37-26-24-36(25-27-37)38-28-30-41(31-29-38)44-17-9-13-40-12-3-4-14-43(40)44/h3-35H,1-2H3. The van der Waals surface area contributed by atoms with E-state index in [1.807, 2.05) is 11.3 Å². The molecule has 10 aromatic rings. The average molecular weight is 746 g/mol. The van der Waals surface area contributed by atoms with E-state index in [1.54, 1.807) is 0 Å². The highest BCUT2D eigenvalue weighted by atomic mass is 32.1. The van der Waals surface area contributed by atoms with Gasteiger partial charge in [0.25, 0.3) is 0 Å². The number of anilines is 3. The molecular weight excluding hydrogens is 707 g/mol. The van der Waals surface area contributed by atoms with Crippen molar-refractivity contribution in [3.05, 3.63) is 211 Å². The molecule has 0 unspecified atom stereocenters. The van der Waals surface area contributed by atoms with Crippen LogP contribution in [-0.2, 0) is 5.41 Å². The molecule has 0 amide bonds.